The summed E-state index contributed by atoms with van der Waals surface area (Å²) in [5.74, 6) is -0.823. The number of nitrogens with zero attached hydrogens (tertiary/aromatic N) is 2. The summed E-state index contributed by atoms with van der Waals surface area (Å²) in [6.45, 7) is 0.679. The highest BCUT2D eigenvalue weighted by Crippen LogP contribution is 2.27. The van der Waals surface area contributed by atoms with Gasteiger partial charge in [-0.3, -0.25) is 4.79 Å². The lowest BCUT2D eigenvalue weighted by Crippen LogP contribution is -2.42. The SMILES string of the molecule is O=C(OCc1csc(-c2ccccc2)n1)C1CCCN(S(=O)(=O)c2cccs2)C1. The van der Waals surface area contributed by atoms with E-state index in [0.717, 1.165) is 10.6 Å². The monoisotopic (exact) mass is 448 g/mol. The number of esters is 1. The average molecular weight is 449 g/mol. The van der Waals surface area contributed by atoms with Crippen LogP contribution >= 0.6 is 22.7 Å². The number of thiophene rings is 1. The summed E-state index contributed by atoms with van der Waals surface area (Å²) >= 11 is 2.69. The zero-order valence-electron chi connectivity index (χ0n) is 15.6. The predicted octanol–water partition coefficient (Wildman–Crippen LogP) is 4.02. The van der Waals surface area contributed by atoms with Crippen molar-refractivity contribution >= 4 is 38.7 Å². The highest BCUT2D eigenvalue weighted by Gasteiger charge is 2.34. The fourth-order valence-electron chi connectivity index (χ4n) is 3.24. The molecule has 1 unspecified atom stereocenters. The van der Waals surface area contributed by atoms with Gasteiger partial charge in [-0.2, -0.15) is 4.31 Å². The fourth-order valence-corrected chi connectivity index (χ4v) is 6.72. The lowest BCUT2D eigenvalue weighted by atomic mass is 10.00. The number of hydrogen-bond acceptors (Lipinski definition) is 7. The van der Waals surface area contributed by atoms with Crippen molar-refractivity contribution in [3.05, 3.63) is 58.9 Å². The van der Waals surface area contributed by atoms with Gasteiger partial charge >= 0.3 is 5.97 Å². The Bertz CT molecular complexity index is 1060. The van der Waals surface area contributed by atoms with Crippen molar-refractivity contribution in [3.8, 4) is 10.6 Å². The van der Waals surface area contributed by atoms with E-state index in [1.807, 2.05) is 35.7 Å². The summed E-state index contributed by atoms with van der Waals surface area (Å²) in [6, 6.07) is 13.1. The number of carbonyl (C=O) groups excluding carboxylic acids is 1. The largest absolute Gasteiger partial charge is 0.459 e. The minimum Gasteiger partial charge on any atom is -0.459 e. The number of aromatic nitrogens is 1. The van der Waals surface area contributed by atoms with E-state index in [-0.39, 0.29) is 19.1 Å². The molecule has 1 saturated heterocycles. The Hall–Kier alpha value is -2.07. The lowest BCUT2D eigenvalue weighted by Gasteiger charge is -2.30. The number of rotatable bonds is 6. The van der Waals surface area contributed by atoms with E-state index in [1.165, 1.54) is 27.0 Å². The minimum absolute atomic E-state index is 0.0936. The molecule has 0 spiro atoms. The van der Waals surface area contributed by atoms with Gasteiger partial charge in [0, 0.05) is 24.0 Å². The number of carbonyl (C=O) groups is 1. The second kappa shape index (κ2) is 8.74. The van der Waals surface area contributed by atoms with E-state index in [2.05, 4.69) is 4.98 Å². The summed E-state index contributed by atoms with van der Waals surface area (Å²) < 4.78 is 32.6. The summed E-state index contributed by atoms with van der Waals surface area (Å²) in [5, 5.41) is 4.49. The highest BCUT2D eigenvalue weighted by atomic mass is 32.2. The van der Waals surface area contributed by atoms with Gasteiger partial charge in [-0.05, 0) is 24.3 Å². The maximum atomic E-state index is 12.7. The van der Waals surface area contributed by atoms with Gasteiger partial charge < -0.3 is 4.74 Å². The summed E-state index contributed by atoms with van der Waals surface area (Å²) in [4.78, 5) is 17.1. The number of ether oxygens (including phenoxy) is 1. The number of thiazole rings is 1. The molecule has 0 radical (unpaired) electrons. The van der Waals surface area contributed by atoms with Crippen LogP contribution < -0.4 is 0 Å². The molecule has 1 fully saturated rings. The second-order valence-corrected chi connectivity index (χ2v) is 10.7. The molecule has 0 saturated carbocycles. The number of sulfonamides is 1. The zero-order valence-corrected chi connectivity index (χ0v) is 18.0. The van der Waals surface area contributed by atoms with Crippen molar-refractivity contribution in [2.45, 2.75) is 23.7 Å². The van der Waals surface area contributed by atoms with Crippen LogP contribution in [0.1, 0.15) is 18.5 Å². The Kier molecular flexibility index (Phi) is 6.09. The van der Waals surface area contributed by atoms with Crippen LogP contribution in [0.3, 0.4) is 0 Å². The Morgan fingerprint density at radius 1 is 1.17 bits per heavy atom. The number of benzene rings is 1. The lowest BCUT2D eigenvalue weighted by molar-refractivity contribution is -0.151. The van der Waals surface area contributed by atoms with Gasteiger partial charge in [0.2, 0.25) is 0 Å². The molecule has 1 atom stereocenters. The van der Waals surface area contributed by atoms with E-state index in [1.54, 1.807) is 17.5 Å². The summed E-state index contributed by atoms with van der Waals surface area (Å²) in [7, 11) is -3.55. The van der Waals surface area contributed by atoms with Crippen LogP contribution in [0.25, 0.3) is 10.6 Å². The van der Waals surface area contributed by atoms with Crippen LogP contribution in [0.2, 0.25) is 0 Å². The van der Waals surface area contributed by atoms with Gasteiger partial charge in [0.15, 0.2) is 0 Å². The van der Waals surface area contributed by atoms with Crippen molar-refractivity contribution in [1.82, 2.24) is 9.29 Å². The normalized spacial score (nSPS) is 17.9. The first-order valence-electron chi connectivity index (χ1n) is 9.24. The van der Waals surface area contributed by atoms with Crippen molar-refractivity contribution in [2.24, 2.45) is 5.92 Å². The molecule has 1 aliphatic heterocycles. The van der Waals surface area contributed by atoms with Crippen LogP contribution in [0.15, 0.2) is 57.4 Å². The van der Waals surface area contributed by atoms with Gasteiger partial charge in [0.05, 0.1) is 11.6 Å². The van der Waals surface area contributed by atoms with Crippen LogP contribution in [0.5, 0.6) is 0 Å². The third kappa shape index (κ3) is 4.58. The van der Waals surface area contributed by atoms with E-state index < -0.39 is 15.9 Å². The Labute approximate surface area is 177 Å². The third-order valence-electron chi connectivity index (χ3n) is 4.74. The molecule has 29 heavy (non-hydrogen) atoms. The second-order valence-electron chi connectivity index (χ2n) is 6.75. The first-order chi connectivity index (χ1) is 14.0. The van der Waals surface area contributed by atoms with E-state index in [4.69, 9.17) is 4.74 Å². The van der Waals surface area contributed by atoms with E-state index in [9.17, 15) is 13.2 Å². The van der Waals surface area contributed by atoms with Crippen LogP contribution in [-0.2, 0) is 26.2 Å². The molecule has 0 aliphatic carbocycles. The topological polar surface area (TPSA) is 76.6 Å². The Morgan fingerprint density at radius 2 is 2.00 bits per heavy atom. The van der Waals surface area contributed by atoms with Gasteiger partial charge in [-0.1, -0.05) is 36.4 Å². The Balaban J connectivity index is 1.36. The van der Waals surface area contributed by atoms with Crippen LogP contribution in [0.4, 0.5) is 0 Å². The van der Waals surface area contributed by atoms with Gasteiger partial charge in [0.1, 0.15) is 15.8 Å². The molecule has 1 aliphatic rings. The molecule has 0 amide bonds. The van der Waals surface area contributed by atoms with E-state index >= 15 is 0 Å². The molecule has 6 nitrogen and oxygen atoms in total. The molecule has 1 aromatic carbocycles. The Morgan fingerprint density at radius 3 is 2.76 bits per heavy atom. The molecular formula is C20H20N2O4S3. The maximum Gasteiger partial charge on any atom is 0.310 e. The van der Waals surface area contributed by atoms with Crippen molar-refractivity contribution < 1.29 is 17.9 Å². The first kappa shape index (κ1) is 20.2. The quantitative estimate of drug-likeness (QED) is 0.533. The minimum atomic E-state index is -3.55. The molecule has 152 valence electrons. The smallest absolute Gasteiger partial charge is 0.310 e. The zero-order chi connectivity index (χ0) is 20.3. The molecule has 3 heterocycles. The number of piperidine rings is 1. The van der Waals surface area contributed by atoms with E-state index in [0.29, 0.717) is 29.3 Å². The average Bonchev–Trinajstić information content (AvgIpc) is 3.45. The van der Waals surface area contributed by atoms with Crippen molar-refractivity contribution in [2.75, 3.05) is 13.1 Å². The van der Waals surface area contributed by atoms with Gasteiger partial charge in [0.25, 0.3) is 10.0 Å². The van der Waals surface area contributed by atoms with Gasteiger partial charge in [-0.25, -0.2) is 13.4 Å². The van der Waals surface area contributed by atoms with Crippen LogP contribution in [0, 0.1) is 5.92 Å². The molecule has 9 heteroatoms. The summed E-state index contributed by atoms with van der Waals surface area (Å²) in [6.07, 6.45) is 1.26. The predicted molar refractivity (Wildman–Crippen MR) is 113 cm³/mol. The number of hydrogen-bond donors (Lipinski definition) is 0. The maximum absolute atomic E-state index is 12.7. The standard InChI is InChI=1S/C20H20N2O4S3/c23-20(26-13-17-14-28-19(21-17)15-6-2-1-3-7-15)16-8-4-10-22(12-16)29(24,25)18-9-5-11-27-18/h1-3,5-7,9,11,14,16H,4,8,10,12-13H2. The van der Waals surface area contributed by atoms with Crippen molar-refractivity contribution in [3.63, 3.8) is 0 Å². The highest BCUT2D eigenvalue weighted by molar-refractivity contribution is 7.91. The van der Waals surface area contributed by atoms with Crippen LogP contribution in [-0.4, -0.2) is 36.8 Å². The fraction of sp³-hybridized carbons (Fsp3) is 0.300. The molecule has 4 rings (SSSR count). The molecule has 0 N–H and O–H groups in total. The molecule has 0 bridgehead atoms. The first-order valence-corrected chi connectivity index (χ1v) is 12.4. The molecule has 3 aromatic rings. The molecule has 2 aromatic heterocycles. The summed E-state index contributed by atoms with van der Waals surface area (Å²) in [5.41, 5.74) is 1.72. The third-order valence-corrected chi connectivity index (χ3v) is 8.92. The molecular weight excluding hydrogens is 428 g/mol. The van der Waals surface area contributed by atoms with Gasteiger partial charge in [-0.15, -0.1) is 22.7 Å². The van der Waals surface area contributed by atoms with Crippen molar-refractivity contribution in [1.29, 1.82) is 0 Å².